The number of benzene rings is 2. The summed E-state index contributed by atoms with van der Waals surface area (Å²) in [6, 6.07) is 10.1. The Kier molecular flexibility index (Phi) is 8.58. The molecule has 4 N–H and O–H groups in total. The van der Waals surface area contributed by atoms with Crippen LogP contribution in [0.25, 0.3) is 33.7 Å². The largest absolute Gasteiger partial charge is 0.573 e. The smallest absolute Gasteiger partial charge is 0.423 e. The molecule has 18 heteroatoms. The third-order valence-electron chi connectivity index (χ3n) is 5.46. The molecular formula is C24H19BF6N6O5. The minimum Gasteiger partial charge on any atom is -0.423 e. The fourth-order valence-electron chi connectivity index (χ4n) is 3.87. The third kappa shape index (κ3) is 7.27. The van der Waals surface area contributed by atoms with Crippen LogP contribution in [0, 0.1) is 0 Å². The molecule has 5 aromatic rings. The van der Waals surface area contributed by atoms with E-state index in [0.29, 0.717) is 34.5 Å². The van der Waals surface area contributed by atoms with Crippen molar-refractivity contribution in [2.24, 2.45) is 0 Å². The molecular weight excluding hydrogens is 577 g/mol. The Morgan fingerprint density at radius 2 is 1.57 bits per heavy atom. The third-order valence-corrected chi connectivity index (χ3v) is 5.46. The van der Waals surface area contributed by atoms with Gasteiger partial charge in [-0.05, 0) is 52.5 Å². The van der Waals surface area contributed by atoms with Gasteiger partial charge in [0.1, 0.15) is 17.0 Å². The zero-order chi connectivity index (χ0) is 30.7. The Morgan fingerprint density at radius 1 is 0.929 bits per heavy atom. The van der Waals surface area contributed by atoms with Crippen LogP contribution in [0.4, 0.5) is 32.2 Å². The van der Waals surface area contributed by atoms with E-state index in [2.05, 4.69) is 34.4 Å². The van der Waals surface area contributed by atoms with Gasteiger partial charge in [-0.15, -0.1) is 26.3 Å². The second-order valence-electron chi connectivity index (χ2n) is 8.30. The Hall–Kier alpha value is -4.84. The van der Waals surface area contributed by atoms with Crippen molar-refractivity contribution in [3.63, 3.8) is 0 Å². The van der Waals surface area contributed by atoms with Crippen molar-refractivity contribution in [2.75, 3.05) is 5.73 Å². The second-order valence-corrected chi connectivity index (χ2v) is 8.30. The lowest BCUT2D eigenvalue weighted by Crippen LogP contribution is -2.30. The van der Waals surface area contributed by atoms with Gasteiger partial charge < -0.3 is 29.8 Å². The number of alkyl halides is 6. The van der Waals surface area contributed by atoms with Crippen LogP contribution < -0.4 is 20.7 Å². The molecule has 0 aliphatic carbocycles. The van der Waals surface area contributed by atoms with Gasteiger partial charge in [0.15, 0.2) is 17.3 Å². The van der Waals surface area contributed by atoms with E-state index in [4.69, 9.17) is 15.8 Å². The van der Waals surface area contributed by atoms with Gasteiger partial charge in [0, 0.05) is 18.3 Å². The molecule has 3 aromatic heterocycles. The van der Waals surface area contributed by atoms with Gasteiger partial charge in [-0.25, -0.2) is 9.61 Å². The van der Waals surface area contributed by atoms with Crippen molar-refractivity contribution in [3.8, 4) is 34.1 Å². The maximum Gasteiger partial charge on any atom is 0.573 e. The number of nitrogens with zero attached hydrogens (tertiary/aromatic N) is 5. The van der Waals surface area contributed by atoms with Crippen LogP contribution in [-0.2, 0) is 6.54 Å². The Bertz CT molecular complexity index is 1670. The Labute approximate surface area is 232 Å². The summed E-state index contributed by atoms with van der Waals surface area (Å²) in [6.45, 7) is 2.38. The van der Waals surface area contributed by atoms with Crippen LogP contribution in [0.5, 0.6) is 11.5 Å². The predicted molar refractivity (Wildman–Crippen MR) is 136 cm³/mol. The molecule has 2 aromatic carbocycles. The van der Waals surface area contributed by atoms with E-state index in [1.807, 2.05) is 11.5 Å². The van der Waals surface area contributed by atoms with Crippen molar-refractivity contribution >= 4 is 29.4 Å². The van der Waals surface area contributed by atoms with Gasteiger partial charge in [-0.1, -0.05) is 24.3 Å². The highest BCUT2D eigenvalue weighted by atomic mass is 19.4. The van der Waals surface area contributed by atoms with Gasteiger partial charge in [0.25, 0.3) is 0 Å². The topological polar surface area (TPSA) is 155 Å². The zero-order valence-corrected chi connectivity index (χ0v) is 21.3. The number of halogens is 6. The van der Waals surface area contributed by atoms with E-state index in [1.54, 1.807) is 18.5 Å². The van der Waals surface area contributed by atoms with Gasteiger partial charge >= 0.3 is 19.8 Å². The molecule has 0 amide bonds. The van der Waals surface area contributed by atoms with Gasteiger partial charge in [-0.2, -0.15) is 0 Å². The first-order valence-electron chi connectivity index (χ1n) is 11.8. The number of pyridine rings is 1. The van der Waals surface area contributed by atoms with Crippen molar-refractivity contribution in [1.29, 1.82) is 0 Å². The van der Waals surface area contributed by atoms with Crippen LogP contribution in [-0.4, -0.2) is 54.7 Å². The summed E-state index contributed by atoms with van der Waals surface area (Å²) in [5, 5.41) is 24.7. The number of hydrogen-bond donors (Lipinski definition) is 3. The first-order chi connectivity index (χ1) is 19.8. The average Bonchev–Trinajstić information content (AvgIpc) is 3.50. The molecule has 42 heavy (non-hydrogen) atoms. The molecule has 3 heterocycles. The number of fused-ring (bicyclic) bond motifs is 1. The molecule has 5 rings (SSSR count). The van der Waals surface area contributed by atoms with Crippen molar-refractivity contribution in [1.82, 2.24) is 24.8 Å². The number of aryl methyl sites for hydroxylation is 1. The van der Waals surface area contributed by atoms with Crippen LogP contribution in [0.1, 0.15) is 6.92 Å². The van der Waals surface area contributed by atoms with Gasteiger partial charge in [0.2, 0.25) is 0 Å². The lowest BCUT2D eigenvalue weighted by molar-refractivity contribution is -0.275. The maximum absolute atomic E-state index is 12.6. The summed E-state index contributed by atoms with van der Waals surface area (Å²) in [6.07, 6.45) is -6.46. The Balaban J connectivity index is 0.000000244. The van der Waals surface area contributed by atoms with E-state index in [1.165, 1.54) is 30.3 Å². The highest BCUT2D eigenvalue weighted by molar-refractivity contribution is 6.58. The quantitative estimate of drug-likeness (QED) is 0.194. The lowest BCUT2D eigenvalue weighted by atomic mass is 9.80. The first-order valence-corrected chi connectivity index (χ1v) is 11.8. The Morgan fingerprint density at radius 3 is 2.14 bits per heavy atom. The molecule has 0 spiro atoms. The summed E-state index contributed by atoms with van der Waals surface area (Å²) >= 11 is 0. The van der Waals surface area contributed by atoms with Crippen LogP contribution >= 0.6 is 0 Å². The summed E-state index contributed by atoms with van der Waals surface area (Å²) in [5.41, 5.74) is 8.27. The van der Waals surface area contributed by atoms with E-state index >= 15 is 0 Å². The summed E-state index contributed by atoms with van der Waals surface area (Å²) in [5.74, 6) is -0.300. The van der Waals surface area contributed by atoms with Gasteiger partial charge in [0.05, 0.1) is 11.7 Å². The number of nitrogens with two attached hydrogens (primary N) is 1. The number of imidazole rings is 1. The van der Waals surface area contributed by atoms with E-state index in [-0.39, 0.29) is 22.7 Å². The summed E-state index contributed by atoms with van der Waals surface area (Å²) in [4.78, 5) is 8.66. The minimum absolute atomic E-state index is 0.0632. The molecule has 0 aliphatic rings. The fraction of sp³-hybridized carbons (Fsp3) is 0.167. The van der Waals surface area contributed by atoms with Crippen molar-refractivity contribution in [3.05, 3.63) is 60.9 Å². The molecule has 220 valence electrons. The number of hydrogen-bond acceptors (Lipinski definition) is 10. The molecule has 0 fully saturated rings. The highest BCUT2D eigenvalue weighted by Crippen LogP contribution is 2.34. The SMILES string of the molecule is CCn1c(-c2nonc2N)nc2cncc(-c3cccc(OC(F)(F)F)c3)c21.OB(O)c1cccc(OC(F)(F)F)c1. The molecule has 0 unspecified atom stereocenters. The summed E-state index contributed by atoms with van der Waals surface area (Å²) in [7, 11) is -1.81. The van der Waals surface area contributed by atoms with Crippen LogP contribution in [0.2, 0.25) is 0 Å². The molecule has 0 atom stereocenters. The number of rotatable bonds is 6. The molecule has 11 nitrogen and oxygen atoms in total. The normalized spacial score (nSPS) is 11.6. The highest BCUT2D eigenvalue weighted by Gasteiger charge is 2.32. The zero-order valence-electron chi connectivity index (χ0n) is 21.3. The lowest BCUT2D eigenvalue weighted by Gasteiger charge is -2.11. The standard InChI is InChI=1S/C17H13F3N6O2.C7H6BF3O3/c1-2-26-14-11(9-4-3-5-10(6-9)27-17(18,19)20)7-22-8-12(14)23-16(26)13-15(21)25-28-24-13;9-7(10,11)14-6-3-1-2-5(4-6)8(12)13/h3-8H,2H2,1H3,(H2,21,25);1-4,12-13H. The number of nitrogen functional groups attached to an aromatic ring is 1. The van der Waals surface area contributed by atoms with E-state index in [0.717, 1.165) is 12.1 Å². The van der Waals surface area contributed by atoms with Crippen molar-refractivity contribution < 1.29 is 50.5 Å². The van der Waals surface area contributed by atoms with Crippen LogP contribution in [0.15, 0.2) is 65.6 Å². The molecule has 0 bridgehead atoms. The van der Waals surface area contributed by atoms with Gasteiger partial charge in [-0.3, -0.25) is 4.98 Å². The van der Waals surface area contributed by atoms with Crippen molar-refractivity contribution in [2.45, 2.75) is 26.2 Å². The monoisotopic (exact) mass is 596 g/mol. The first kappa shape index (κ1) is 30.1. The minimum atomic E-state index is -4.78. The number of aromatic nitrogens is 5. The fourth-order valence-corrected chi connectivity index (χ4v) is 3.87. The maximum atomic E-state index is 12.6. The molecule has 0 saturated heterocycles. The summed E-state index contributed by atoms with van der Waals surface area (Å²) < 4.78 is 86.9. The number of ether oxygens (including phenoxy) is 2. The van der Waals surface area contributed by atoms with E-state index in [9.17, 15) is 26.3 Å². The molecule has 0 aliphatic heterocycles. The average molecular weight is 596 g/mol. The molecule has 0 saturated carbocycles. The predicted octanol–water partition coefficient (Wildman–Crippen LogP) is 3.91. The number of anilines is 1. The second kappa shape index (κ2) is 12.0. The van der Waals surface area contributed by atoms with E-state index < -0.39 is 25.6 Å². The van der Waals surface area contributed by atoms with Crippen LogP contribution in [0.3, 0.4) is 0 Å². The molecule has 0 radical (unpaired) electrons.